The van der Waals surface area contributed by atoms with Gasteiger partial charge in [-0.2, -0.15) is 0 Å². The van der Waals surface area contributed by atoms with Gasteiger partial charge in [0.05, 0.1) is 6.04 Å². The molecule has 0 aliphatic rings. The average Bonchev–Trinajstić information content (AvgIpc) is 2.67. The summed E-state index contributed by atoms with van der Waals surface area (Å²) in [6.07, 6.45) is 3.14. The van der Waals surface area contributed by atoms with E-state index in [1.54, 1.807) is 18.2 Å². The number of carbonyl (C=O) groups excluding carboxylic acids is 1. The van der Waals surface area contributed by atoms with Gasteiger partial charge in [0.15, 0.2) is 0 Å². The van der Waals surface area contributed by atoms with E-state index in [2.05, 4.69) is 5.32 Å². The molecule has 0 unspecified atom stereocenters. The van der Waals surface area contributed by atoms with E-state index in [-0.39, 0.29) is 17.8 Å². The molecule has 0 heterocycles. The van der Waals surface area contributed by atoms with Crippen LogP contribution in [-0.4, -0.2) is 5.91 Å². The van der Waals surface area contributed by atoms with E-state index in [4.69, 9.17) is 0 Å². The summed E-state index contributed by atoms with van der Waals surface area (Å²) in [6, 6.07) is 23.7. The van der Waals surface area contributed by atoms with Gasteiger partial charge in [0.1, 0.15) is 5.82 Å². The first-order valence-corrected chi connectivity index (χ1v) is 8.47. The van der Waals surface area contributed by atoms with Crippen LogP contribution in [0.4, 0.5) is 4.39 Å². The lowest BCUT2D eigenvalue weighted by Gasteiger charge is -2.19. The van der Waals surface area contributed by atoms with Crippen molar-refractivity contribution in [3.63, 3.8) is 0 Å². The molecule has 3 rings (SSSR count). The zero-order chi connectivity index (χ0) is 18.4. The Bertz CT molecular complexity index is 884. The lowest BCUT2D eigenvalue weighted by atomic mass is 9.98. The standard InChI is InChI=1S/C23H20FNO/c1-17-7-12-20(13-8-17)23(19-5-3-2-4-6-19)25-22(26)16-11-18-9-14-21(24)15-10-18/h2-16,23H,1H3,(H,25,26)/b16-11+/t23-/m0/s1. The molecular weight excluding hydrogens is 325 g/mol. The van der Waals surface area contributed by atoms with Gasteiger partial charge >= 0.3 is 0 Å². The summed E-state index contributed by atoms with van der Waals surface area (Å²) in [7, 11) is 0. The van der Waals surface area contributed by atoms with Gasteiger partial charge in [0.25, 0.3) is 0 Å². The second-order valence-corrected chi connectivity index (χ2v) is 6.15. The van der Waals surface area contributed by atoms with E-state index >= 15 is 0 Å². The predicted octanol–water partition coefficient (Wildman–Crippen LogP) is 5.05. The molecule has 0 aromatic heterocycles. The third-order valence-corrected chi connectivity index (χ3v) is 4.13. The summed E-state index contributed by atoms with van der Waals surface area (Å²) in [5.41, 5.74) is 3.97. The van der Waals surface area contributed by atoms with Crippen molar-refractivity contribution < 1.29 is 9.18 Å². The van der Waals surface area contributed by atoms with Gasteiger partial charge < -0.3 is 5.32 Å². The molecule has 0 aliphatic carbocycles. The number of hydrogen-bond donors (Lipinski definition) is 1. The van der Waals surface area contributed by atoms with Crippen molar-refractivity contribution in [2.45, 2.75) is 13.0 Å². The Morgan fingerprint density at radius 3 is 2.15 bits per heavy atom. The molecule has 2 nitrogen and oxygen atoms in total. The first-order valence-electron chi connectivity index (χ1n) is 8.47. The Morgan fingerprint density at radius 1 is 0.885 bits per heavy atom. The maximum Gasteiger partial charge on any atom is 0.244 e. The van der Waals surface area contributed by atoms with Crippen molar-refractivity contribution in [2.75, 3.05) is 0 Å². The van der Waals surface area contributed by atoms with Crippen LogP contribution in [0.5, 0.6) is 0 Å². The quantitative estimate of drug-likeness (QED) is 0.644. The Morgan fingerprint density at radius 2 is 1.50 bits per heavy atom. The molecule has 0 aliphatic heterocycles. The van der Waals surface area contributed by atoms with Crippen molar-refractivity contribution >= 4 is 12.0 Å². The molecule has 0 saturated heterocycles. The Kier molecular flexibility index (Phi) is 5.59. The number of hydrogen-bond acceptors (Lipinski definition) is 1. The van der Waals surface area contributed by atoms with Crippen molar-refractivity contribution in [3.8, 4) is 0 Å². The third kappa shape index (κ3) is 4.67. The minimum atomic E-state index is -0.296. The van der Waals surface area contributed by atoms with E-state index in [0.29, 0.717) is 0 Å². The van der Waals surface area contributed by atoms with Crippen LogP contribution in [-0.2, 0) is 4.79 Å². The Balaban J connectivity index is 1.80. The van der Waals surface area contributed by atoms with Crippen LogP contribution in [0.3, 0.4) is 0 Å². The topological polar surface area (TPSA) is 29.1 Å². The third-order valence-electron chi connectivity index (χ3n) is 4.13. The van der Waals surface area contributed by atoms with Crippen molar-refractivity contribution in [3.05, 3.63) is 113 Å². The van der Waals surface area contributed by atoms with Crippen molar-refractivity contribution in [1.82, 2.24) is 5.32 Å². The number of benzene rings is 3. The SMILES string of the molecule is Cc1ccc([C@@H](NC(=O)/C=C/c2ccc(F)cc2)c2ccccc2)cc1. The van der Waals surface area contributed by atoms with Gasteiger partial charge in [-0.25, -0.2) is 4.39 Å². The van der Waals surface area contributed by atoms with Gasteiger partial charge in [-0.3, -0.25) is 4.79 Å². The van der Waals surface area contributed by atoms with E-state index in [1.807, 2.05) is 61.5 Å². The molecule has 1 atom stereocenters. The largest absolute Gasteiger partial charge is 0.342 e. The molecule has 0 bridgehead atoms. The molecule has 0 spiro atoms. The first kappa shape index (κ1) is 17.6. The van der Waals surface area contributed by atoms with Crippen molar-refractivity contribution in [2.24, 2.45) is 0 Å². The molecule has 3 aromatic rings. The highest BCUT2D eigenvalue weighted by Crippen LogP contribution is 2.22. The zero-order valence-corrected chi connectivity index (χ0v) is 14.5. The highest BCUT2D eigenvalue weighted by atomic mass is 19.1. The fourth-order valence-electron chi connectivity index (χ4n) is 2.70. The summed E-state index contributed by atoms with van der Waals surface area (Å²) in [5.74, 6) is -0.501. The van der Waals surface area contributed by atoms with Gasteiger partial charge in [-0.1, -0.05) is 72.3 Å². The van der Waals surface area contributed by atoms with Crippen LogP contribution in [0.15, 0.2) is 84.9 Å². The number of nitrogens with one attached hydrogen (secondary N) is 1. The van der Waals surface area contributed by atoms with Gasteiger partial charge in [0.2, 0.25) is 5.91 Å². The lowest BCUT2D eigenvalue weighted by Crippen LogP contribution is -2.27. The molecule has 3 aromatic carbocycles. The normalized spacial score (nSPS) is 12.1. The van der Waals surface area contributed by atoms with E-state index < -0.39 is 0 Å². The smallest absolute Gasteiger partial charge is 0.244 e. The molecule has 3 heteroatoms. The zero-order valence-electron chi connectivity index (χ0n) is 14.5. The molecule has 0 fully saturated rings. The lowest BCUT2D eigenvalue weighted by molar-refractivity contribution is -0.116. The maximum atomic E-state index is 13.0. The minimum Gasteiger partial charge on any atom is -0.342 e. The Hall–Kier alpha value is -3.20. The summed E-state index contributed by atoms with van der Waals surface area (Å²) >= 11 is 0. The number of aryl methyl sites for hydroxylation is 1. The number of amides is 1. The predicted molar refractivity (Wildman–Crippen MR) is 103 cm³/mol. The van der Waals surface area contributed by atoms with E-state index in [9.17, 15) is 9.18 Å². The second kappa shape index (κ2) is 8.26. The Labute approximate surface area is 153 Å². The molecule has 0 saturated carbocycles. The molecule has 26 heavy (non-hydrogen) atoms. The number of halogens is 1. The summed E-state index contributed by atoms with van der Waals surface area (Å²) < 4.78 is 13.0. The number of carbonyl (C=O) groups is 1. The van der Waals surface area contributed by atoms with Crippen LogP contribution < -0.4 is 5.32 Å². The molecular formula is C23H20FNO. The summed E-state index contributed by atoms with van der Waals surface area (Å²) in [5, 5.41) is 3.05. The maximum absolute atomic E-state index is 13.0. The molecule has 0 radical (unpaired) electrons. The van der Waals surface area contributed by atoms with Crippen LogP contribution in [0.1, 0.15) is 28.3 Å². The monoisotopic (exact) mass is 345 g/mol. The molecule has 1 N–H and O–H groups in total. The first-order chi connectivity index (χ1) is 12.6. The van der Waals surface area contributed by atoms with Gasteiger partial charge in [-0.05, 0) is 41.8 Å². The van der Waals surface area contributed by atoms with Crippen molar-refractivity contribution in [1.29, 1.82) is 0 Å². The van der Waals surface area contributed by atoms with E-state index in [1.165, 1.54) is 23.8 Å². The van der Waals surface area contributed by atoms with Crippen LogP contribution in [0.25, 0.3) is 6.08 Å². The van der Waals surface area contributed by atoms with Gasteiger partial charge in [0, 0.05) is 6.08 Å². The van der Waals surface area contributed by atoms with Crippen LogP contribution in [0, 0.1) is 12.7 Å². The molecule has 1 amide bonds. The van der Waals surface area contributed by atoms with E-state index in [0.717, 1.165) is 16.7 Å². The minimum absolute atomic E-state index is 0.205. The molecule has 130 valence electrons. The average molecular weight is 345 g/mol. The fourth-order valence-corrected chi connectivity index (χ4v) is 2.70. The van der Waals surface area contributed by atoms with Gasteiger partial charge in [-0.15, -0.1) is 0 Å². The number of rotatable bonds is 5. The second-order valence-electron chi connectivity index (χ2n) is 6.15. The highest BCUT2D eigenvalue weighted by molar-refractivity contribution is 5.92. The summed E-state index contributed by atoms with van der Waals surface area (Å²) in [4.78, 5) is 12.4. The summed E-state index contributed by atoms with van der Waals surface area (Å²) in [6.45, 7) is 2.03. The fraction of sp³-hybridized carbons (Fsp3) is 0.0870. The highest BCUT2D eigenvalue weighted by Gasteiger charge is 2.15. The van der Waals surface area contributed by atoms with Crippen LogP contribution in [0.2, 0.25) is 0 Å². The van der Waals surface area contributed by atoms with Crippen LogP contribution >= 0.6 is 0 Å².